The van der Waals surface area contributed by atoms with Gasteiger partial charge in [0.05, 0.1) is 11.9 Å². The fourth-order valence-corrected chi connectivity index (χ4v) is 2.04. The van der Waals surface area contributed by atoms with Crippen LogP contribution >= 0.6 is 12.4 Å². The lowest BCUT2D eigenvalue weighted by atomic mass is 10.2. The molecule has 0 aliphatic heterocycles. The summed E-state index contributed by atoms with van der Waals surface area (Å²) in [6.07, 6.45) is 3.90. The van der Waals surface area contributed by atoms with Crippen LogP contribution in [0.5, 0.6) is 0 Å². The summed E-state index contributed by atoms with van der Waals surface area (Å²) in [4.78, 5) is 0. The van der Waals surface area contributed by atoms with Gasteiger partial charge in [0, 0.05) is 43.6 Å². The molecule has 0 unspecified atom stereocenters. The van der Waals surface area contributed by atoms with Crippen LogP contribution in [0.25, 0.3) is 0 Å². The number of nitrogens with zero attached hydrogens (tertiary/aromatic N) is 4. The van der Waals surface area contributed by atoms with Crippen molar-refractivity contribution in [1.29, 1.82) is 0 Å². The van der Waals surface area contributed by atoms with Crippen molar-refractivity contribution in [2.24, 2.45) is 7.05 Å². The molecule has 0 atom stereocenters. The quantitative estimate of drug-likeness (QED) is 0.915. The van der Waals surface area contributed by atoms with Crippen molar-refractivity contribution < 1.29 is 0 Å². The zero-order chi connectivity index (χ0) is 13.1. The molecule has 0 aliphatic rings. The second-order valence-corrected chi connectivity index (χ2v) is 4.88. The number of rotatable bonds is 5. The number of hydrogen-bond donors (Lipinski definition) is 1. The third kappa shape index (κ3) is 3.81. The molecule has 0 bridgehead atoms. The van der Waals surface area contributed by atoms with Crippen molar-refractivity contribution >= 4 is 12.4 Å². The lowest BCUT2D eigenvalue weighted by molar-refractivity contribution is 0.517. The minimum absolute atomic E-state index is 0. The maximum Gasteiger partial charge on any atom is 0.0762 e. The number of aryl methyl sites for hydroxylation is 1. The fraction of sp³-hybridized carbons (Fsp3) is 0.538. The second-order valence-electron chi connectivity index (χ2n) is 4.88. The van der Waals surface area contributed by atoms with Gasteiger partial charge in [-0.05, 0) is 26.8 Å². The normalized spacial score (nSPS) is 10.8. The van der Waals surface area contributed by atoms with E-state index in [-0.39, 0.29) is 12.4 Å². The van der Waals surface area contributed by atoms with Gasteiger partial charge < -0.3 is 5.32 Å². The molecule has 0 aromatic carbocycles. The Kier molecular flexibility index (Phi) is 5.57. The van der Waals surface area contributed by atoms with E-state index in [1.54, 1.807) is 0 Å². The Hall–Kier alpha value is -1.33. The van der Waals surface area contributed by atoms with E-state index in [1.807, 2.05) is 30.2 Å². The second kappa shape index (κ2) is 6.73. The van der Waals surface area contributed by atoms with Gasteiger partial charge in [0.25, 0.3) is 0 Å². The monoisotopic (exact) mass is 283 g/mol. The first kappa shape index (κ1) is 15.7. The lowest BCUT2D eigenvalue weighted by Crippen LogP contribution is -2.14. The van der Waals surface area contributed by atoms with Crippen molar-refractivity contribution in [2.45, 2.75) is 39.9 Å². The molecule has 1 N–H and O–H groups in total. The first-order chi connectivity index (χ1) is 8.58. The standard InChI is InChI=1S/C13H21N5.ClH/c1-10(2)18-11(3)12(8-15-18)7-14-9-13-5-6-17(4)16-13;/h5-6,8,10,14H,7,9H2,1-4H3;1H. The molecule has 106 valence electrons. The van der Waals surface area contributed by atoms with Crippen LogP contribution in [0.4, 0.5) is 0 Å². The van der Waals surface area contributed by atoms with Crippen LogP contribution in [0.3, 0.4) is 0 Å². The lowest BCUT2D eigenvalue weighted by Gasteiger charge is -2.09. The summed E-state index contributed by atoms with van der Waals surface area (Å²) in [6.45, 7) is 8.02. The molecule has 2 heterocycles. The molecule has 2 aromatic rings. The summed E-state index contributed by atoms with van der Waals surface area (Å²) in [5.74, 6) is 0. The minimum atomic E-state index is 0. The van der Waals surface area contributed by atoms with Crippen LogP contribution in [-0.2, 0) is 20.1 Å². The topological polar surface area (TPSA) is 47.7 Å². The molecule has 0 radical (unpaired) electrons. The summed E-state index contributed by atoms with van der Waals surface area (Å²) < 4.78 is 3.87. The van der Waals surface area contributed by atoms with Crippen LogP contribution in [-0.4, -0.2) is 19.6 Å². The highest BCUT2D eigenvalue weighted by Gasteiger charge is 2.08. The molecule has 2 rings (SSSR count). The highest BCUT2D eigenvalue weighted by atomic mass is 35.5. The van der Waals surface area contributed by atoms with Gasteiger partial charge in [-0.1, -0.05) is 0 Å². The molecular formula is C13H22ClN5. The zero-order valence-electron chi connectivity index (χ0n) is 11.9. The SMILES string of the molecule is Cc1c(CNCc2ccn(C)n2)cnn1C(C)C.Cl. The molecule has 6 heteroatoms. The van der Waals surface area contributed by atoms with E-state index in [4.69, 9.17) is 0 Å². The van der Waals surface area contributed by atoms with Gasteiger partial charge in [0.1, 0.15) is 0 Å². The molecule has 0 saturated carbocycles. The Morgan fingerprint density at radius 2 is 2.05 bits per heavy atom. The van der Waals surface area contributed by atoms with Gasteiger partial charge in [-0.3, -0.25) is 9.36 Å². The average molecular weight is 284 g/mol. The third-order valence-corrected chi connectivity index (χ3v) is 3.03. The average Bonchev–Trinajstić information content (AvgIpc) is 2.87. The molecule has 2 aromatic heterocycles. The van der Waals surface area contributed by atoms with E-state index < -0.39 is 0 Å². The molecular weight excluding hydrogens is 262 g/mol. The van der Waals surface area contributed by atoms with E-state index >= 15 is 0 Å². The van der Waals surface area contributed by atoms with E-state index in [1.165, 1.54) is 11.3 Å². The predicted molar refractivity (Wildman–Crippen MR) is 78.3 cm³/mol. The van der Waals surface area contributed by atoms with Crippen molar-refractivity contribution in [1.82, 2.24) is 24.9 Å². The van der Waals surface area contributed by atoms with E-state index in [0.717, 1.165) is 18.8 Å². The Morgan fingerprint density at radius 3 is 2.58 bits per heavy atom. The zero-order valence-corrected chi connectivity index (χ0v) is 12.7. The first-order valence-corrected chi connectivity index (χ1v) is 6.30. The molecule has 0 amide bonds. The minimum Gasteiger partial charge on any atom is -0.307 e. The van der Waals surface area contributed by atoms with Crippen LogP contribution in [0.1, 0.15) is 36.8 Å². The molecule has 0 saturated heterocycles. The number of hydrogen-bond acceptors (Lipinski definition) is 3. The Morgan fingerprint density at radius 1 is 1.32 bits per heavy atom. The largest absolute Gasteiger partial charge is 0.307 e. The molecule has 19 heavy (non-hydrogen) atoms. The molecule has 0 aliphatic carbocycles. The maximum atomic E-state index is 4.40. The fourth-order valence-electron chi connectivity index (χ4n) is 2.04. The van der Waals surface area contributed by atoms with Gasteiger partial charge in [0.15, 0.2) is 0 Å². The van der Waals surface area contributed by atoms with Gasteiger partial charge in [-0.25, -0.2) is 0 Å². The highest BCUT2D eigenvalue weighted by Crippen LogP contribution is 2.12. The first-order valence-electron chi connectivity index (χ1n) is 6.30. The van der Waals surface area contributed by atoms with E-state index in [2.05, 4.69) is 41.0 Å². The summed E-state index contributed by atoms with van der Waals surface area (Å²) in [5, 5.41) is 12.1. The summed E-state index contributed by atoms with van der Waals surface area (Å²) in [7, 11) is 1.93. The van der Waals surface area contributed by atoms with Crippen LogP contribution in [0.2, 0.25) is 0 Å². The smallest absolute Gasteiger partial charge is 0.0762 e. The van der Waals surface area contributed by atoms with Gasteiger partial charge in [-0.15, -0.1) is 12.4 Å². The number of nitrogens with one attached hydrogen (secondary N) is 1. The van der Waals surface area contributed by atoms with E-state index in [9.17, 15) is 0 Å². The molecule has 0 fully saturated rings. The number of halogens is 1. The maximum absolute atomic E-state index is 4.40. The Bertz CT molecular complexity index is 515. The van der Waals surface area contributed by atoms with Gasteiger partial charge >= 0.3 is 0 Å². The molecule has 0 spiro atoms. The van der Waals surface area contributed by atoms with Gasteiger partial charge in [-0.2, -0.15) is 10.2 Å². The van der Waals surface area contributed by atoms with Crippen molar-refractivity contribution in [3.63, 3.8) is 0 Å². The predicted octanol–water partition coefficient (Wildman–Crippen LogP) is 2.22. The third-order valence-electron chi connectivity index (χ3n) is 3.03. The summed E-state index contributed by atoms with van der Waals surface area (Å²) >= 11 is 0. The number of aromatic nitrogens is 4. The Balaban J connectivity index is 0.00000180. The summed E-state index contributed by atoms with van der Waals surface area (Å²) in [5.41, 5.74) is 3.55. The van der Waals surface area contributed by atoms with Gasteiger partial charge in [0.2, 0.25) is 0 Å². The van der Waals surface area contributed by atoms with Crippen LogP contribution < -0.4 is 5.32 Å². The van der Waals surface area contributed by atoms with Crippen molar-refractivity contribution in [3.8, 4) is 0 Å². The van der Waals surface area contributed by atoms with E-state index in [0.29, 0.717) is 6.04 Å². The highest BCUT2D eigenvalue weighted by molar-refractivity contribution is 5.85. The molecule has 5 nitrogen and oxygen atoms in total. The van der Waals surface area contributed by atoms with Crippen LogP contribution in [0, 0.1) is 6.92 Å². The Labute approximate surface area is 120 Å². The van der Waals surface area contributed by atoms with Crippen molar-refractivity contribution in [2.75, 3.05) is 0 Å². The van der Waals surface area contributed by atoms with Crippen LogP contribution in [0.15, 0.2) is 18.5 Å². The van der Waals surface area contributed by atoms with Crippen molar-refractivity contribution in [3.05, 3.63) is 35.4 Å². The summed E-state index contributed by atoms with van der Waals surface area (Å²) in [6, 6.07) is 2.44.